The van der Waals surface area contributed by atoms with E-state index in [-0.39, 0.29) is 6.04 Å². The SMILES string of the molecule is Cc1cccc(-c2cc(C(C)N)ccc2O)c1. The summed E-state index contributed by atoms with van der Waals surface area (Å²) in [6.45, 7) is 3.97. The van der Waals surface area contributed by atoms with Crippen LogP contribution in [-0.2, 0) is 0 Å². The Morgan fingerprint density at radius 1 is 1.12 bits per heavy atom. The smallest absolute Gasteiger partial charge is 0.123 e. The summed E-state index contributed by atoms with van der Waals surface area (Å²) >= 11 is 0. The molecule has 0 aromatic heterocycles. The monoisotopic (exact) mass is 227 g/mol. The van der Waals surface area contributed by atoms with Crippen LogP contribution in [0.3, 0.4) is 0 Å². The van der Waals surface area contributed by atoms with Crippen molar-refractivity contribution in [2.75, 3.05) is 0 Å². The number of hydrogen-bond acceptors (Lipinski definition) is 2. The van der Waals surface area contributed by atoms with Crippen LogP contribution in [0, 0.1) is 6.92 Å². The van der Waals surface area contributed by atoms with E-state index in [4.69, 9.17) is 5.73 Å². The summed E-state index contributed by atoms with van der Waals surface area (Å²) in [5.41, 5.74) is 9.92. The third kappa shape index (κ3) is 2.48. The van der Waals surface area contributed by atoms with Crippen LogP contribution >= 0.6 is 0 Å². The molecule has 2 nitrogen and oxygen atoms in total. The molecule has 3 N–H and O–H groups in total. The molecule has 0 saturated carbocycles. The van der Waals surface area contributed by atoms with Gasteiger partial charge in [-0.3, -0.25) is 0 Å². The molecule has 0 spiro atoms. The molecule has 0 amide bonds. The highest BCUT2D eigenvalue weighted by Gasteiger charge is 2.07. The van der Waals surface area contributed by atoms with Crippen molar-refractivity contribution in [2.24, 2.45) is 5.73 Å². The van der Waals surface area contributed by atoms with Gasteiger partial charge in [-0.15, -0.1) is 0 Å². The van der Waals surface area contributed by atoms with E-state index in [0.717, 1.165) is 16.7 Å². The van der Waals surface area contributed by atoms with Gasteiger partial charge < -0.3 is 10.8 Å². The van der Waals surface area contributed by atoms with E-state index in [2.05, 4.69) is 6.07 Å². The van der Waals surface area contributed by atoms with Crippen LogP contribution in [0.5, 0.6) is 5.75 Å². The van der Waals surface area contributed by atoms with Crippen molar-refractivity contribution in [3.05, 3.63) is 53.6 Å². The lowest BCUT2D eigenvalue weighted by atomic mass is 9.98. The molecule has 0 aliphatic heterocycles. The van der Waals surface area contributed by atoms with Gasteiger partial charge in [0.25, 0.3) is 0 Å². The quantitative estimate of drug-likeness (QED) is 0.826. The third-order valence-electron chi connectivity index (χ3n) is 2.88. The minimum Gasteiger partial charge on any atom is -0.507 e. The lowest BCUT2D eigenvalue weighted by Gasteiger charge is -2.11. The Hall–Kier alpha value is -1.80. The van der Waals surface area contributed by atoms with Crippen LogP contribution in [-0.4, -0.2) is 5.11 Å². The van der Waals surface area contributed by atoms with Gasteiger partial charge in [-0.05, 0) is 37.1 Å². The van der Waals surface area contributed by atoms with Crippen molar-refractivity contribution in [1.29, 1.82) is 0 Å². The maximum Gasteiger partial charge on any atom is 0.123 e. The number of nitrogens with two attached hydrogens (primary N) is 1. The molecule has 1 atom stereocenters. The third-order valence-corrected chi connectivity index (χ3v) is 2.88. The molecule has 2 aromatic rings. The van der Waals surface area contributed by atoms with Gasteiger partial charge in [0, 0.05) is 11.6 Å². The van der Waals surface area contributed by atoms with E-state index in [1.807, 2.05) is 44.2 Å². The number of phenols is 1. The second-order valence-corrected chi connectivity index (χ2v) is 4.43. The van der Waals surface area contributed by atoms with Gasteiger partial charge in [0.05, 0.1) is 0 Å². The number of rotatable bonds is 2. The summed E-state index contributed by atoms with van der Waals surface area (Å²) in [4.78, 5) is 0. The van der Waals surface area contributed by atoms with E-state index < -0.39 is 0 Å². The molecule has 0 aliphatic carbocycles. The fourth-order valence-electron chi connectivity index (χ4n) is 1.88. The number of hydrogen-bond donors (Lipinski definition) is 2. The number of aryl methyl sites for hydroxylation is 1. The van der Waals surface area contributed by atoms with Crippen LogP contribution in [0.2, 0.25) is 0 Å². The molecule has 0 saturated heterocycles. The highest BCUT2D eigenvalue weighted by molar-refractivity contribution is 5.71. The summed E-state index contributed by atoms with van der Waals surface area (Å²) in [6, 6.07) is 13.6. The average Bonchev–Trinajstić information content (AvgIpc) is 2.29. The van der Waals surface area contributed by atoms with Gasteiger partial charge in [-0.2, -0.15) is 0 Å². The van der Waals surface area contributed by atoms with Crippen molar-refractivity contribution in [3.63, 3.8) is 0 Å². The Bertz CT molecular complexity index is 532. The fourth-order valence-corrected chi connectivity index (χ4v) is 1.88. The Kier molecular flexibility index (Phi) is 3.16. The average molecular weight is 227 g/mol. The molecule has 0 aliphatic rings. The molecule has 0 fully saturated rings. The first-order valence-corrected chi connectivity index (χ1v) is 5.73. The highest BCUT2D eigenvalue weighted by Crippen LogP contribution is 2.31. The Morgan fingerprint density at radius 3 is 2.53 bits per heavy atom. The zero-order valence-corrected chi connectivity index (χ0v) is 10.1. The molecular weight excluding hydrogens is 210 g/mol. The van der Waals surface area contributed by atoms with E-state index >= 15 is 0 Å². The summed E-state index contributed by atoms with van der Waals surface area (Å²) in [7, 11) is 0. The number of phenolic OH excluding ortho intramolecular Hbond substituents is 1. The lowest BCUT2D eigenvalue weighted by Crippen LogP contribution is -2.04. The Balaban J connectivity index is 2.54. The zero-order chi connectivity index (χ0) is 12.4. The number of benzene rings is 2. The molecule has 0 bridgehead atoms. The Labute approximate surface area is 102 Å². The second kappa shape index (κ2) is 4.60. The molecule has 2 aromatic carbocycles. The topological polar surface area (TPSA) is 46.2 Å². The summed E-state index contributed by atoms with van der Waals surface area (Å²) in [6.07, 6.45) is 0. The standard InChI is InChI=1S/C15H17NO/c1-10-4-3-5-13(8-10)14-9-12(11(2)16)6-7-15(14)17/h3-9,11,17H,16H2,1-2H3. The van der Waals surface area contributed by atoms with Crippen LogP contribution in [0.25, 0.3) is 11.1 Å². The molecule has 88 valence electrons. The van der Waals surface area contributed by atoms with Gasteiger partial charge in [0.2, 0.25) is 0 Å². The van der Waals surface area contributed by atoms with Gasteiger partial charge in [0.15, 0.2) is 0 Å². The van der Waals surface area contributed by atoms with Gasteiger partial charge in [-0.1, -0.05) is 35.9 Å². The molecule has 2 rings (SSSR count). The van der Waals surface area contributed by atoms with E-state index in [1.165, 1.54) is 5.56 Å². The van der Waals surface area contributed by atoms with Crippen molar-refractivity contribution in [3.8, 4) is 16.9 Å². The molecule has 17 heavy (non-hydrogen) atoms. The first-order valence-electron chi connectivity index (χ1n) is 5.73. The molecule has 1 unspecified atom stereocenters. The van der Waals surface area contributed by atoms with Crippen molar-refractivity contribution >= 4 is 0 Å². The van der Waals surface area contributed by atoms with Crippen LogP contribution < -0.4 is 5.73 Å². The summed E-state index contributed by atoms with van der Waals surface area (Å²) in [5, 5.41) is 9.92. The normalized spacial score (nSPS) is 12.4. The van der Waals surface area contributed by atoms with Gasteiger partial charge in [0.1, 0.15) is 5.75 Å². The van der Waals surface area contributed by atoms with Gasteiger partial charge >= 0.3 is 0 Å². The molecule has 2 heteroatoms. The first kappa shape index (κ1) is 11.7. The fraction of sp³-hybridized carbons (Fsp3) is 0.200. The zero-order valence-electron chi connectivity index (χ0n) is 10.1. The van der Waals surface area contributed by atoms with Gasteiger partial charge in [-0.25, -0.2) is 0 Å². The maximum atomic E-state index is 9.92. The predicted octanol–water partition coefficient (Wildman–Crippen LogP) is 3.39. The first-order chi connectivity index (χ1) is 8.08. The maximum absolute atomic E-state index is 9.92. The van der Waals surface area contributed by atoms with Crippen molar-refractivity contribution in [1.82, 2.24) is 0 Å². The lowest BCUT2D eigenvalue weighted by molar-refractivity contribution is 0.477. The molecule has 0 radical (unpaired) electrons. The van der Waals surface area contributed by atoms with E-state index in [9.17, 15) is 5.11 Å². The summed E-state index contributed by atoms with van der Waals surface area (Å²) in [5.74, 6) is 0.292. The van der Waals surface area contributed by atoms with E-state index in [1.54, 1.807) is 6.07 Å². The van der Waals surface area contributed by atoms with Crippen molar-refractivity contribution < 1.29 is 5.11 Å². The number of aromatic hydroxyl groups is 1. The van der Waals surface area contributed by atoms with E-state index in [0.29, 0.717) is 5.75 Å². The predicted molar refractivity (Wildman–Crippen MR) is 70.9 cm³/mol. The van der Waals surface area contributed by atoms with Crippen LogP contribution in [0.1, 0.15) is 24.1 Å². The van der Waals surface area contributed by atoms with Crippen molar-refractivity contribution in [2.45, 2.75) is 19.9 Å². The van der Waals surface area contributed by atoms with Crippen LogP contribution in [0.15, 0.2) is 42.5 Å². The second-order valence-electron chi connectivity index (χ2n) is 4.43. The highest BCUT2D eigenvalue weighted by atomic mass is 16.3. The largest absolute Gasteiger partial charge is 0.507 e. The minimum absolute atomic E-state index is 0.0286. The minimum atomic E-state index is -0.0286. The summed E-state index contributed by atoms with van der Waals surface area (Å²) < 4.78 is 0. The Morgan fingerprint density at radius 2 is 1.88 bits per heavy atom. The molecular formula is C15H17NO. The molecule has 0 heterocycles. The van der Waals surface area contributed by atoms with Crippen LogP contribution in [0.4, 0.5) is 0 Å².